The zero-order valence-corrected chi connectivity index (χ0v) is 12.5. The number of fused-ring (bicyclic) bond motifs is 1. The van der Waals surface area contributed by atoms with E-state index in [0.29, 0.717) is 0 Å². The number of nitrogens with zero attached hydrogens (tertiary/aromatic N) is 1. The Labute approximate surface area is 122 Å². The first-order valence-corrected chi connectivity index (χ1v) is 7.96. The first-order chi connectivity index (χ1) is 9.56. The number of aryl methyl sites for hydroxylation is 1. The van der Waals surface area contributed by atoms with Crippen LogP contribution in [-0.2, 0) is 11.2 Å². The molecule has 0 bridgehead atoms. The molecule has 3 nitrogen and oxygen atoms in total. The average molecular weight is 289 g/mol. The van der Waals surface area contributed by atoms with Gasteiger partial charge in [-0.15, -0.1) is 11.3 Å². The van der Waals surface area contributed by atoms with Gasteiger partial charge in [0.25, 0.3) is 0 Å². The molecule has 1 fully saturated rings. The summed E-state index contributed by atoms with van der Waals surface area (Å²) >= 11 is 1.71. The maximum Gasteiger partial charge on any atom is 0.303 e. The van der Waals surface area contributed by atoms with Crippen LogP contribution in [-0.4, -0.2) is 16.1 Å². The average Bonchev–Trinajstić information content (AvgIpc) is 2.94. The van der Waals surface area contributed by atoms with Crippen molar-refractivity contribution in [3.63, 3.8) is 0 Å². The van der Waals surface area contributed by atoms with Crippen LogP contribution in [0.3, 0.4) is 0 Å². The number of hydrogen-bond acceptors (Lipinski definition) is 3. The van der Waals surface area contributed by atoms with Gasteiger partial charge in [-0.25, -0.2) is 4.98 Å². The summed E-state index contributed by atoms with van der Waals surface area (Å²) in [6.07, 6.45) is 5.44. The molecule has 1 N–H and O–H groups in total. The van der Waals surface area contributed by atoms with Gasteiger partial charge in [0.05, 0.1) is 21.6 Å². The highest BCUT2D eigenvalue weighted by Crippen LogP contribution is 2.44. The van der Waals surface area contributed by atoms with Gasteiger partial charge in [-0.2, -0.15) is 0 Å². The summed E-state index contributed by atoms with van der Waals surface area (Å²) in [5.41, 5.74) is 2.21. The van der Waals surface area contributed by atoms with E-state index < -0.39 is 5.97 Å². The van der Waals surface area contributed by atoms with Crippen molar-refractivity contribution < 1.29 is 9.90 Å². The third-order valence-electron chi connectivity index (χ3n) is 4.30. The third kappa shape index (κ3) is 2.70. The lowest BCUT2D eigenvalue weighted by atomic mass is 9.80. The zero-order valence-electron chi connectivity index (χ0n) is 11.7. The molecule has 1 aromatic heterocycles. The van der Waals surface area contributed by atoms with E-state index in [1.807, 2.05) is 0 Å². The van der Waals surface area contributed by atoms with Crippen molar-refractivity contribution >= 4 is 27.5 Å². The first-order valence-electron chi connectivity index (χ1n) is 7.14. The van der Waals surface area contributed by atoms with Crippen molar-refractivity contribution in [2.24, 2.45) is 5.41 Å². The van der Waals surface area contributed by atoms with E-state index in [2.05, 4.69) is 25.1 Å². The van der Waals surface area contributed by atoms with Gasteiger partial charge in [-0.3, -0.25) is 4.79 Å². The van der Waals surface area contributed by atoms with Crippen LogP contribution >= 0.6 is 11.3 Å². The maximum atomic E-state index is 11.2. The number of benzene rings is 1. The van der Waals surface area contributed by atoms with Crippen LogP contribution in [0.15, 0.2) is 18.2 Å². The van der Waals surface area contributed by atoms with Crippen molar-refractivity contribution in [2.75, 3.05) is 0 Å². The molecule has 0 amide bonds. The van der Waals surface area contributed by atoms with Gasteiger partial charge in [0.1, 0.15) is 0 Å². The van der Waals surface area contributed by atoms with Gasteiger partial charge < -0.3 is 5.11 Å². The molecule has 106 valence electrons. The monoisotopic (exact) mass is 289 g/mol. The summed E-state index contributed by atoms with van der Waals surface area (Å²) in [5, 5.41) is 10.3. The Bertz CT molecular complexity index is 641. The van der Waals surface area contributed by atoms with E-state index in [1.54, 1.807) is 11.3 Å². The fourth-order valence-electron chi connectivity index (χ4n) is 3.34. The number of thiazole rings is 1. The molecule has 2 aromatic rings. The Kier molecular flexibility index (Phi) is 3.50. The molecule has 0 radical (unpaired) electrons. The van der Waals surface area contributed by atoms with Crippen molar-refractivity contribution in [1.29, 1.82) is 0 Å². The number of aromatic nitrogens is 1. The normalized spacial score (nSPS) is 17.6. The van der Waals surface area contributed by atoms with E-state index >= 15 is 0 Å². The number of carboxylic acid groups (broad SMARTS) is 1. The summed E-state index contributed by atoms with van der Waals surface area (Å²) in [5.74, 6) is -0.677. The number of carbonyl (C=O) groups is 1. The zero-order chi connectivity index (χ0) is 14.2. The van der Waals surface area contributed by atoms with Crippen molar-refractivity contribution in [3.8, 4) is 0 Å². The van der Waals surface area contributed by atoms with Crippen LogP contribution in [0.2, 0.25) is 0 Å². The van der Waals surface area contributed by atoms with Gasteiger partial charge in [-0.05, 0) is 42.9 Å². The van der Waals surface area contributed by atoms with Crippen molar-refractivity contribution in [3.05, 3.63) is 28.8 Å². The Balaban J connectivity index is 1.88. The van der Waals surface area contributed by atoms with Crippen LogP contribution < -0.4 is 0 Å². The smallest absolute Gasteiger partial charge is 0.303 e. The van der Waals surface area contributed by atoms with E-state index in [4.69, 9.17) is 4.98 Å². The second kappa shape index (κ2) is 5.17. The van der Waals surface area contributed by atoms with E-state index in [1.165, 1.54) is 10.3 Å². The largest absolute Gasteiger partial charge is 0.481 e. The Morgan fingerprint density at radius 2 is 2.15 bits per heavy atom. The molecule has 0 unspecified atom stereocenters. The molecule has 1 aliphatic rings. The molecular weight excluding hydrogens is 270 g/mol. The predicted octanol–water partition coefficient (Wildman–Crippen LogP) is 4.18. The highest BCUT2D eigenvalue weighted by atomic mass is 32.1. The molecular formula is C16H19NO2S. The highest BCUT2D eigenvalue weighted by molar-refractivity contribution is 7.18. The second-order valence-corrected chi connectivity index (χ2v) is 7.15. The molecule has 3 rings (SSSR count). The van der Waals surface area contributed by atoms with Crippen molar-refractivity contribution in [2.45, 2.75) is 45.4 Å². The Morgan fingerprint density at radius 3 is 2.85 bits per heavy atom. The number of carboxylic acids is 1. The maximum absolute atomic E-state index is 11.2. The summed E-state index contributed by atoms with van der Waals surface area (Å²) in [7, 11) is 0. The molecule has 4 heteroatoms. The van der Waals surface area contributed by atoms with Crippen LogP contribution in [0.1, 0.15) is 42.7 Å². The number of hydrogen-bond donors (Lipinski definition) is 1. The minimum atomic E-state index is -0.677. The molecule has 1 saturated carbocycles. The third-order valence-corrected chi connectivity index (χ3v) is 5.34. The van der Waals surface area contributed by atoms with Crippen LogP contribution in [0.4, 0.5) is 0 Å². The van der Waals surface area contributed by atoms with Gasteiger partial charge in [0, 0.05) is 6.42 Å². The van der Waals surface area contributed by atoms with Crippen LogP contribution in [0, 0.1) is 12.3 Å². The standard InChI is InChI=1S/C16H19NO2S/c1-11-4-5-13-12(8-11)17-14(20-13)9-16(10-15(18)19)6-2-3-7-16/h4-5,8H,2-3,6-7,9-10H2,1H3,(H,18,19). The topological polar surface area (TPSA) is 50.2 Å². The molecule has 1 aliphatic carbocycles. The fraction of sp³-hybridized carbons (Fsp3) is 0.500. The van der Waals surface area contributed by atoms with Gasteiger partial charge in [-0.1, -0.05) is 18.9 Å². The Morgan fingerprint density at radius 1 is 1.40 bits per heavy atom. The fourth-order valence-corrected chi connectivity index (χ4v) is 4.46. The molecule has 0 saturated heterocycles. The molecule has 20 heavy (non-hydrogen) atoms. The first kappa shape index (κ1) is 13.6. The molecule has 0 atom stereocenters. The quantitative estimate of drug-likeness (QED) is 0.918. The highest BCUT2D eigenvalue weighted by Gasteiger charge is 2.37. The number of rotatable bonds is 4. The predicted molar refractivity (Wildman–Crippen MR) is 81.2 cm³/mol. The van der Waals surface area contributed by atoms with E-state index in [9.17, 15) is 9.90 Å². The molecule has 1 aromatic carbocycles. The van der Waals surface area contributed by atoms with Crippen molar-refractivity contribution in [1.82, 2.24) is 4.98 Å². The van der Waals surface area contributed by atoms with E-state index in [0.717, 1.165) is 42.6 Å². The van der Waals surface area contributed by atoms with Gasteiger partial charge in [0.2, 0.25) is 0 Å². The van der Waals surface area contributed by atoms with E-state index in [-0.39, 0.29) is 11.8 Å². The minimum Gasteiger partial charge on any atom is -0.481 e. The molecule has 1 heterocycles. The summed E-state index contributed by atoms with van der Waals surface area (Å²) in [6.45, 7) is 2.07. The van der Waals surface area contributed by atoms with Crippen LogP contribution in [0.5, 0.6) is 0 Å². The lowest BCUT2D eigenvalue weighted by molar-refractivity contribution is -0.139. The Hall–Kier alpha value is -1.42. The van der Waals surface area contributed by atoms with Gasteiger partial charge in [0.15, 0.2) is 0 Å². The minimum absolute atomic E-state index is 0.0608. The second-order valence-electron chi connectivity index (χ2n) is 6.03. The molecule has 0 spiro atoms. The summed E-state index contributed by atoms with van der Waals surface area (Å²) in [6, 6.07) is 6.32. The summed E-state index contributed by atoms with van der Waals surface area (Å²) in [4.78, 5) is 15.9. The van der Waals surface area contributed by atoms with Crippen LogP contribution in [0.25, 0.3) is 10.2 Å². The lowest BCUT2D eigenvalue weighted by Crippen LogP contribution is -2.23. The number of aliphatic carboxylic acids is 1. The van der Waals surface area contributed by atoms with Gasteiger partial charge >= 0.3 is 5.97 Å². The molecule has 0 aliphatic heterocycles. The SMILES string of the molecule is Cc1ccc2sc(CC3(CC(=O)O)CCCC3)nc2c1. The summed E-state index contributed by atoms with van der Waals surface area (Å²) < 4.78 is 1.20. The lowest BCUT2D eigenvalue weighted by Gasteiger charge is -2.25.